The Labute approximate surface area is 234 Å². The molecule has 0 bridgehead atoms. The largest absolute Gasteiger partial charge is 0.465 e. The van der Waals surface area contributed by atoms with Crippen LogP contribution in [0.4, 0.5) is 22.0 Å². The summed E-state index contributed by atoms with van der Waals surface area (Å²) < 4.78 is 2.04. The van der Waals surface area contributed by atoms with Crippen LogP contribution >= 0.6 is 0 Å². The van der Waals surface area contributed by atoms with Gasteiger partial charge in [-0.3, -0.25) is 14.7 Å². The molecule has 1 fully saturated rings. The first-order valence-corrected chi connectivity index (χ1v) is 13.2. The van der Waals surface area contributed by atoms with Crippen LogP contribution < -0.4 is 10.6 Å². The number of imidazole rings is 1. The fourth-order valence-corrected chi connectivity index (χ4v) is 5.83. The summed E-state index contributed by atoms with van der Waals surface area (Å²) in [5.74, 6) is 1.32. The summed E-state index contributed by atoms with van der Waals surface area (Å²) in [5, 5.41) is 27.3. The van der Waals surface area contributed by atoms with Crippen molar-refractivity contribution in [2.75, 3.05) is 5.32 Å². The first-order chi connectivity index (χ1) is 19.9. The van der Waals surface area contributed by atoms with E-state index in [1.54, 1.807) is 12.3 Å². The van der Waals surface area contributed by atoms with E-state index in [1.165, 1.54) is 12.1 Å². The lowest BCUT2D eigenvalue weighted by atomic mass is 9.71. The van der Waals surface area contributed by atoms with Gasteiger partial charge in [-0.15, -0.1) is 0 Å². The fraction of sp³-hybridized carbons (Fsp3) is 0.129. The van der Waals surface area contributed by atoms with Crippen molar-refractivity contribution < 1.29 is 14.8 Å². The van der Waals surface area contributed by atoms with E-state index in [0.717, 1.165) is 53.0 Å². The Morgan fingerprint density at radius 3 is 2.54 bits per heavy atom. The zero-order valence-corrected chi connectivity index (χ0v) is 21.7. The van der Waals surface area contributed by atoms with Crippen LogP contribution in [0.5, 0.6) is 0 Å². The van der Waals surface area contributed by atoms with Crippen LogP contribution in [0.2, 0.25) is 0 Å². The van der Waals surface area contributed by atoms with E-state index in [-0.39, 0.29) is 5.69 Å². The van der Waals surface area contributed by atoms with Crippen molar-refractivity contribution in [2.45, 2.75) is 24.8 Å². The lowest BCUT2D eigenvalue weighted by Gasteiger charge is -2.42. The zero-order chi connectivity index (χ0) is 28.1. The lowest BCUT2D eigenvalue weighted by molar-refractivity contribution is -0.384. The molecule has 1 saturated carbocycles. The number of fused-ring (bicyclic) bond motifs is 5. The first kappa shape index (κ1) is 24.5. The molecular weight excluding hydrogens is 520 g/mol. The highest BCUT2D eigenvalue weighted by Gasteiger charge is 2.40. The number of nitro benzene ring substituents is 1. The average Bonchev–Trinajstić information content (AvgIpc) is 3.30. The summed E-state index contributed by atoms with van der Waals surface area (Å²) in [7, 11) is 0. The summed E-state index contributed by atoms with van der Waals surface area (Å²) in [6.07, 6.45) is 3.10. The normalized spacial score (nSPS) is 14.3. The molecule has 10 nitrogen and oxygen atoms in total. The van der Waals surface area contributed by atoms with Crippen LogP contribution in [0.25, 0.3) is 39.6 Å². The van der Waals surface area contributed by atoms with Gasteiger partial charge in [0.25, 0.3) is 5.69 Å². The number of carboxylic acid groups (broad SMARTS) is 1. The SMILES string of the molecule is O=C(O)NC1(c2ccc(-c3c(-c4cccc([N+](=O)[O-])c4)nc4n3-c3cccnc3Nc3ccccc3-4)cc2)CCC1. The van der Waals surface area contributed by atoms with Crippen LogP contribution in [0.3, 0.4) is 0 Å². The summed E-state index contributed by atoms with van der Waals surface area (Å²) >= 11 is 0. The molecule has 2 aliphatic rings. The predicted molar refractivity (Wildman–Crippen MR) is 154 cm³/mol. The highest BCUT2D eigenvalue weighted by molar-refractivity contribution is 5.91. The molecule has 5 aromatic rings. The van der Waals surface area contributed by atoms with E-state index in [1.807, 2.05) is 71.3 Å². The number of anilines is 2. The molecule has 2 aromatic heterocycles. The number of hydrogen-bond acceptors (Lipinski definition) is 6. The number of rotatable bonds is 5. The second kappa shape index (κ2) is 9.30. The maximum atomic E-state index is 11.7. The molecule has 0 radical (unpaired) electrons. The Morgan fingerprint density at radius 2 is 1.80 bits per heavy atom. The minimum absolute atomic E-state index is 0.0252. The second-order valence-electron chi connectivity index (χ2n) is 10.3. The standard InChI is InChI=1S/C31H24N6O4/c38-30(39)35-31(15-5-16-31)21-13-11-19(12-14-21)27-26(20-6-3-7-22(18-20)37(40)41)34-29-23-8-1-2-9-24(23)33-28-25(36(27)29)10-4-17-32-28/h1-4,6-14,17-18,35H,5,15-16H2,(H,32,33)(H,38,39). The summed E-state index contributed by atoms with van der Waals surface area (Å²) in [6, 6.07) is 26.0. The van der Waals surface area contributed by atoms with Gasteiger partial charge in [-0.05, 0) is 49.1 Å². The minimum Gasteiger partial charge on any atom is -0.465 e. The van der Waals surface area contributed by atoms with Gasteiger partial charge in [0, 0.05) is 35.0 Å². The van der Waals surface area contributed by atoms with E-state index >= 15 is 0 Å². The second-order valence-corrected chi connectivity index (χ2v) is 10.3. The Bertz CT molecular complexity index is 1840. The van der Waals surface area contributed by atoms with Crippen LogP contribution in [0, 0.1) is 10.1 Å². The molecule has 1 aliphatic heterocycles. The first-order valence-electron chi connectivity index (χ1n) is 13.2. The van der Waals surface area contributed by atoms with Crippen LogP contribution in [-0.2, 0) is 5.54 Å². The number of non-ortho nitro benzene ring substituents is 1. The van der Waals surface area contributed by atoms with Gasteiger partial charge in [0.2, 0.25) is 0 Å². The monoisotopic (exact) mass is 544 g/mol. The number of nitrogens with zero attached hydrogens (tertiary/aromatic N) is 4. The predicted octanol–water partition coefficient (Wildman–Crippen LogP) is 6.88. The van der Waals surface area contributed by atoms with Gasteiger partial charge >= 0.3 is 6.09 Å². The molecule has 10 heteroatoms. The number of para-hydroxylation sites is 1. The number of amides is 1. The van der Waals surface area contributed by atoms with E-state index in [2.05, 4.69) is 15.6 Å². The van der Waals surface area contributed by atoms with Gasteiger partial charge in [0.1, 0.15) is 5.82 Å². The van der Waals surface area contributed by atoms with Crippen LogP contribution in [-0.4, -0.2) is 30.7 Å². The third-order valence-corrected chi connectivity index (χ3v) is 7.92. The summed E-state index contributed by atoms with van der Waals surface area (Å²) in [5.41, 5.74) is 5.53. The van der Waals surface area contributed by atoms with Crippen molar-refractivity contribution in [3.63, 3.8) is 0 Å². The molecule has 7 rings (SSSR count). The maximum absolute atomic E-state index is 11.7. The fourth-order valence-electron chi connectivity index (χ4n) is 5.83. The highest BCUT2D eigenvalue weighted by atomic mass is 16.6. The smallest absolute Gasteiger partial charge is 0.405 e. The lowest BCUT2D eigenvalue weighted by Crippen LogP contribution is -2.50. The van der Waals surface area contributed by atoms with Crippen molar-refractivity contribution in [1.29, 1.82) is 0 Å². The molecule has 202 valence electrons. The molecule has 0 atom stereocenters. The van der Waals surface area contributed by atoms with Crippen LogP contribution in [0.15, 0.2) is 91.1 Å². The number of nitrogens with one attached hydrogen (secondary N) is 2. The molecule has 0 saturated heterocycles. The Morgan fingerprint density at radius 1 is 1.00 bits per heavy atom. The van der Waals surface area contributed by atoms with E-state index in [0.29, 0.717) is 22.9 Å². The summed E-state index contributed by atoms with van der Waals surface area (Å²) in [6.45, 7) is 0. The number of benzene rings is 3. The Kier molecular flexibility index (Phi) is 5.56. The topological polar surface area (TPSA) is 135 Å². The minimum atomic E-state index is -1.04. The number of pyridine rings is 1. The summed E-state index contributed by atoms with van der Waals surface area (Å²) in [4.78, 5) is 32.5. The average molecular weight is 545 g/mol. The third kappa shape index (κ3) is 3.99. The van der Waals surface area contributed by atoms with Crippen molar-refractivity contribution in [3.8, 4) is 39.6 Å². The van der Waals surface area contributed by atoms with Crippen molar-refractivity contribution in [3.05, 3.63) is 107 Å². The van der Waals surface area contributed by atoms with Crippen molar-refractivity contribution in [2.24, 2.45) is 0 Å². The van der Waals surface area contributed by atoms with Gasteiger partial charge in [-0.25, -0.2) is 14.8 Å². The molecule has 3 N–H and O–H groups in total. The molecule has 1 aliphatic carbocycles. The van der Waals surface area contributed by atoms with Crippen LogP contribution in [0.1, 0.15) is 24.8 Å². The molecule has 41 heavy (non-hydrogen) atoms. The van der Waals surface area contributed by atoms with Gasteiger partial charge in [-0.1, -0.05) is 48.5 Å². The van der Waals surface area contributed by atoms with Gasteiger partial charge in [0.05, 0.1) is 33.2 Å². The van der Waals surface area contributed by atoms with E-state index < -0.39 is 16.6 Å². The maximum Gasteiger partial charge on any atom is 0.405 e. The quantitative estimate of drug-likeness (QED) is 0.159. The molecule has 0 unspecified atom stereocenters. The molecule has 3 aromatic carbocycles. The van der Waals surface area contributed by atoms with Crippen molar-refractivity contribution in [1.82, 2.24) is 19.9 Å². The zero-order valence-electron chi connectivity index (χ0n) is 21.7. The van der Waals surface area contributed by atoms with Crippen molar-refractivity contribution >= 4 is 23.3 Å². The van der Waals surface area contributed by atoms with E-state index in [4.69, 9.17) is 4.98 Å². The molecule has 3 heterocycles. The van der Waals surface area contributed by atoms with Gasteiger partial charge < -0.3 is 15.7 Å². The molecular formula is C31H24N6O4. The molecule has 1 amide bonds. The number of hydrogen-bond donors (Lipinski definition) is 3. The van der Waals surface area contributed by atoms with E-state index in [9.17, 15) is 20.0 Å². The highest BCUT2D eigenvalue weighted by Crippen LogP contribution is 2.46. The van der Waals surface area contributed by atoms with Gasteiger partial charge in [-0.2, -0.15) is 0 Å². The Balaban J connectivity index is 1.49. The number of carbonyl (C=O) groups is 1. The Hall–Kier alpha value is -5.51. The number of aromatic nitrogens is 3. The third-order valence-electron chi connectivity index (χ3n) is 7.92. The molecule has 0 spiro atoms. The van der Waals surface area contributed by atoms with Gasteiger partial charge in [0.15, 0.2) is 5.82 Å². The number of nitro groups is 1.